The summed E-state index contributed by atoms with van der Waals surface area (Å²) in [4.78, 5) is 17.9. The van der Waals surface area contributed by atoms with Gasteiger partial charge in [-0.3, -0.25) is 9.36 Å². The molecule has 0 amide bonds. The van der Waals surface area contributed by atoms with Gasteiger partial charge in [0.05, 0.1) is 28.6 Å². The lowest BCUT2D eigenvalue weighted by Crippen LogP contribution is -2.23. The first-order valence-corrected chi connectivity index (χ1v) is 9.26. The highest BCUT2D eigenvalue weighted by atomic mass is 32.2. The molecular formula is C20H19N3OS. The summed E-state index contributed by atoms with van der Waals surface area (Å²) < 4.78 is 1.69. The molecule has 5 heteroatoms. The molecule has 0 unspecified atom stereocenters. The summed E-state index contributed by atoms with van der Waals surface area (Å²) >= 11 is 1.45. The lowest BCUT2D eigenvalue weighted by molar-refractivity contribution is 0.799. The molecule has 3 aromatic rings. The third kappa shape index (κ3) is 3.45. The molecule has 25 heavy (non-hydrogen) atoms. The predicted molar refractivity (Wildman–Crippen MR) is 102 cm³/mol. The minimum absolute atomic E-state index is 0.0707. The fourth-order valence-corrected chi connectivity index (χ4v) is 3.63. The van der Waals surface area contributed by atoms with Crippen molar-refractivity contribution < 1.29 is 0 Å². The minimum atomic E-state index is -0.108. The quantitative estimate of drug-likeness (QED) is 0.512. The third-order valence-electron chi connectivity index (χ3n) is 4.04. The van der Waals surface area contributed by atoms with Gasteiger partial charge in [0.15, 0.2) is 5.16 Å². The Morgan fingerprint density at radius 1 is 1.20 bits per heavy atom. The van der Waals surface area contributed by atoms with E-state index in [4.69, 9.17) is 10.2 Å². The van der Waals surface area contributed by atoms with Crippen LogP contribution < -0.4 is 5.56 Å². The summed E-state index contributed by atoms with van der Waals surface area (Å²) in [6.07, 6.45) is 0.828. The second-order valence-corrected chi connectivity index (χ2v) is 6.86. The van der Waals surface area contributed by atoms with Crippen molar-refractivity contribution in [3.63, 3.8) is 0 Å². The van der Waals surface area contributed by atoms with Crippen molar-refractivity contribution in [2.75, 3.05) is 5.75 Å². The van der Waals surface area contributed by atoms with E-state index in [1.54, 1.807) is 4.57 Å². The number of nitrogens with zero attached hydrogens (tertiary/aromatic N) is 3. The molecule has 0 radical (unpaired) electrons. The highest BCUT2D eigenvalue weighted by Crippen LogP contribution is 2.24. The molecule has 2 aromatic carbocycles. The van der Waals surface area contributed by atoms with Gasteiger partial charge < -0.3 is 0 Å². The number of aromatic nitrogens is 2. The van der Waals surface area contributed by atoms with Crippen molar-refractivity contribution >= 4 is 22.7 Å². The molecule has 0 spiro atoms. The fourth-order valence-electron chi connectivity index (χ4n) is 2.69. The zero-order valence-electron chi connectivity index (χ0n) is 14.3. The van der Waals surface area contributed by atoms with Crippen LogP contribution in [0.1, 0.15) is 19.4 Å². The first kappa shape index (κ1) is 17.2. The molecule has 0 aliphatic rings. The molecule has 0 saturated carbocycles. The summed E-state index contributed by atoms with van der Waals surface area (Å²) in [6, 6.07) is 17.5. The first-order valence-electron chi connectivity index (χ1n) is 8.28. The molecule has 0 N–H and O–H groups in total. The Bertz CT molecular complexity index is 1000. The number of thioether (sulfide) groups is 1. The standard InChI is InChI=1S/C20H19N3OS/c1-3-15-8-4-7-11-18(15)23-19(24)16-9-5-6-10-17(16)22-20(23)25-13-14(2)12-21/h4-11,14H,3,13H2,1-2H3/t14-/m1/s1. The fraction of sp³-hybridized carbons (Fsp3) is 0.250. The van der Waals surface area contributed by atoms with E-state index in [1.807, 2.05) is 55.5 Å². The van der Waals surface area contributed by atoms with Crippen molar-refractivity contribution in [3.05, 3.63) is 64.4 Å². The number of para-hydroxylation sites is 2. The number of fused-ring (bicyclic) bond motifs is 1. The zero-order valence-corrected chi connectivity index (χ0v) is 15.1. The van der Waals surface area contributed by atoms with Crippen LogP contribution in [0, 0.1) is 17.2 Å². The largest absolute Gasteiger partial charge is 0.268 e. The van der Waals surface area contributed by atoms with Crippen LogP contribution in [0.5, 0.6) is 0 Å². The topological polar surface area (TPSA) is 58.7 Å². The molecule has 1 aromatic heterocycles. The molecular weight excluding hydrogens is 330 g/mol. The van der Waals surface area contributed by atoms with Gasteiger partial charge in [-0.15, -0.1) is 0 Å². The van der Waals surface area contributed by atoms with Crippen LogP contribution in [0.4, 0.5) is 0 Å². The summed E-state index contributed by atoms with van der Waals surface area (Å²) in [5, 5.41) is 10.3. The first-order chi connectivity index (χ1) is 12.2. The molecule has 4 nitrogen and oxygen atoms in total. The lowest BCUT2D eigenvalue weighted by Gasteiger charge is -2.16. The average molecular weight is 349 g/mol. The van der Waals surface area contributed by atoms with E-state index in [9.17, 15) is 4.79 Å². The molecule has 0 bridgehead atoms. The van der Waals surface area contributed by atoms with Gasteiger partial charge in [0.2, 0.25) is 0 Å². The van der Waals surface area contributed by atoms with E-state index >= 15 is 0 Å². The van der Waals surface area contributed by atoms with E-state index in [-0.39, 0.29) is 11.5 Å². The smallest absolute Gasteiger partial charge is 0.266 e. The van der Waals surface area contributed by atoms with Crippen LogP contribution >= 0.6 is 11.8 Å². The number of aryl methyl sites for hydroxylation is 1. The molecule has 0 aliphatic heterocycles. The van der Waals surface area contributed by atoms with Crippen molar-refractivity contribution in [1.29, 1.82) is 5.26 Å². The second kappa shape index (κ2) is 7.54. The van der Waals surface area contributed by atoms with Crippen molar-refractivity contribution in [2.24, 2.45) is 5.92 Å². The number of hydrogen-bond acceptors (Lipinski definition) is 4. The molecule has 3 rings (SSSR count). The average Bonchev–Trinajstić information content (AvgIpc) is 2.66. The van der Waals surface area contributed by atoms with Crippen LogP contribution in [0.15, 0.2) is 58.5 Å². The second-order valence-electron chi connectivity index (χ2n) is 5.88. The Morgan fingerprint density at radius 2 is 1.92 bits per heavy atom. The number of nitriles is 1. The Kier molecular flexibility index (Phi) is 5.20. The van der Waals surface area contributed by atoms with Gasteiger partial charge in [-0.25, -0.2) is 4.98 Å². The molecule has 1 heterocycles. The summed E-state index contributed by atoms with van der Waals surface area (Å²) in [5.74, 6) is 0.485. The zero-order chi connectivity index (χ0) is 17.8. The lowest BCUT2D eigenvalue weighted by atomic mass is 10.1. The minimum Gasteiger partial charge on any atom is -0.268 e. The highest BCUT2D eigenvalue weighted by Gasteiger charge is 2.16. The van der Waals surface area contributed by atoms with Crippen LogP contribution in [0.2, 0.25) is 0 Å². The van der Waals surface area contributed by atoms with E-state index < -0.39 is 0 Å². The normalized spacial score (nSPS) is 12.0. The van der Waals surface area contributed by atoms with Crippen molar-refractivity contribution in [1.82, 2.24) is 9.55 Å². The number of hydrogen-bond donors (Lipinski definition) is 0. The van der Waals surface area contributed by atoms with E-state index in [2.05, 4.69) is 13.0 Å². The van der Waals surface area contributed by atoms with Gasteiger partial charge in [-0.1, -0.05) is 49.0 Å². The molecule has 0 fully saturated rings. The highest BCUT2D eigenvalue weighted by molar-refractivity contribution is 7.99. The van der Waals surface area contributed by atoms with Gasteiger partial charge in [0, 0.05) is 5.75 Å². The third-order valence-corrected chi connectivity index (χ3v) is 5.24. The Hall–Kier alpha value is -2.58. The summed E-state index contributed by atoms with van der Waals surface area (Å²) in [7, 11) is 0. The molecule has 1 atom stereocenters. The van der Waals surface area contributed by atoms with Gasteiger partial charge >= 0.3 is 0 Å². The number of rotatable bonds is 5. The van der Waals surface area contributed by atoms with Crippen LogP contribution in [0.3, 0.4) is 0 Å². The maximum atomic E-state index is 13.2. The number of benzene rings is 2. The van der Waals surface area contributed by atoms with Gasteiger partial charge in [-0.05, 0) is 37.1 Å². The Labute approximate surface area is 151 Å². The predicted octanol–water partition coefficient (Wildman–Crippen LogP) is 4.20. The van der Waals surface area contributed by atoms with Crippen LogP contribution in [-0.4, -0.2) is 15.3 Å². The molecule has 0 saturated heterocycles. The molecule has 126 valence electrons. The Balaban J connectivity index is 2.25. The SMILES string of the molecule is CCc1ccccc1-n1c(SC[C@H](C)C#N)nc2ccccc2c1=O. The van der Waals surface area contributed by atoms with E-state index in [0.717, 1.165) is 17.7 Å². The van der Waals surface area contributed by atoms with Crippen LogP contribution in [0.25, 0.3) is 16.6 Å². The summed E-state index contributed by atoms with van der Waals surface area (Å²) in [6.45, 7) is 3.94. The summed E-state index contributed by atoms with van der Waals surface area (Å²) in [5.41, 5.74) is 2.57. The van der Waals surface area contributed by atoms with E-state index in [0.29, 0.717) is 21.8 Å². The van der Waals surface area contributed by atoms with Crippen molar-refractivity contribution in [2.45, 2.75) is 25.4 Å². The van der Waals surface area contributed by atoms with E-state index in [1.165, 1.54) is 11.8 Å². The maximum Gasteiger partial charge on any atom is 0.266 e. The Morgan fingerprint density at radius 3 is 2.68 bits per heavy atom. The molecule has 0 aliphatic carbocycles. The van der Waals surface area contributed by atoms with Gasteiger partial charge in [-0.2, -0.15) is 5.26 Å². The monoisotopic (exact) mass is 349 g/mol. The van der Waals surface area contributed by atoms with Crippen LogP contribution in [-0.2, 0) is 6.42 Å². The van der Waals surface area contributed by atoms with Crippen molar-refractivity contribution in [3.8, 4) is 11.8 Å². The van der Waals surface area contributed by atoms with Gasteiger partial charge in [0.1, 0.15) is 0 Å². The van der Waals surface area contributed by atoms with Gasteiger partial charge in [0.25, 0.3) is 5.56 Å². The maximum absolute atomic E-state index is 13.2.